The Labute approximate surface area is 140 Å². The molecule has 2 heterocycles. The summed E-state index contributed by atoms with van der Waals surface area (Å²) in [6.45, 7) is 2.47. The van der Waals surface area contributed by atoms with Gasteiger partial charge in [0.2, 0.25) is 0 Å². The van der Waals surface area contributed by atoms with Gasteiger partial charge in [-0.05, 0) is 25.5 Å². The molecule has 126 valence electrons. The number of nitrogens with one attached hydrogen (secondary N) is 2. The number of aliphatic hydroxyl groups excluding tert-OH is 1. The Kier molecular flexibility index (Phi) is 4.90. The lowest BCUT2D eigenvalue weighted by atomic mass is 10.1. The second-order valence-corrected chi connectivity index (χ2v) is 5.92. The van der Waals surface area contributed by atoms with Gasteiger partial charge in [0, 0.05) is 30.8 Å². The number of carbonyl (C=O) groups excluding carboxylic acids is 1. The summed E-state index contributed by atoms with van der Waals surface area (Å²) in [5.74, 6) is 0.739. The summed E-state index contributed by atoms with van der Waals surface area (Å²) in [6.07, 6.45) is 6.29. The fourth-order valence-electron chi connectivity index (χ4n) is 2.75. The zero-order chi connectivity index (χ0) is 16.9. The summed E-state index contributed by atoms with van der Waals surface area (Å²) >= 11 is 0. The van der Waals surface area contributed by atoms with Crippen LogP contribution in [0.15, 0.2) is 42.6 Å². The van der Waals surface area contributed by atoms with Crippen LogP contribution in [0.3, 0.4) is 0 Å². The number of aryl methyl sites for hydroxylation is 1. The van der Waals surface area contributed by atoms with Gasteiger partial charge in [0.1, 0.15) is 5.82 Å². The predicted molar refractivity (Wildman–Crippen MR) is 90.6 cm³/mol. The third-order valence-corrected chi connectivity index (χ3v) is 3.90. The number of hydrogen-bond donors (Lipinski definition) is 3. The first-order chi connectivity index (χ1) is 11.6. The zero-order valence-corrected chi connectivity index (χ0v) is 13.5. The Hall–Kier alpha value is -2.67. The van der Waals surface area contributed by atoms with E-state index in [1.165, 1.54) is 0 Å². The predicted octanol–water partition coefficient (Wildman–Crippen LogP) is 1.69. The molecule has 1 aliphatic rings. The van der Waals surface area contributed by atoms with Crippen LogP contribution in [0.2, 0.25) is 0 Å². The average Bonchev–Trinajstić information content (AvgIpc) is 3.15. The molecule has 0 radical (unpaired) electrons. The van der Waals surface area contributed by atoms with Crippen molar-refractivity contribution in [2.24, 2.45) is 5.92 Å². The highest BCUT2D eigenvalue weighted by molar-refractivity contribution is 5.88. The monoisotopic (exact) mass is 327 g/mol. The number of rotatable bonds is 5. The fraction of sp³-hybridized carbons (Fsp3) is 0.353. The molecule has 2 atom stereocenters. The molecule has 2 amide bonds. The van der Waals surface area contributed by atoms with Crippen molar-refractivity contribution in [2.75, 3.05) is 11.9 Å². The van der Waals surface area contributed by atoms with Crippen molar-refractivity contribution in [3.8, 4) is 0 Å². The van der Waals surface area contributed by atoms with Crippen molar-refractivity contribution < 1.29 is 9.90 Å². The second kappa shape index (κ2) is 7.27. The molecule has 3 rings (SSSR count). The molecule has 7 heteroatoms. The van der Waals surface area contributed by atoms with Gasteiger partial charge < -0.3 is 10.4 Å². The van der Waals surface area contributed by atoms with Crippen LogP contribution >= 0.6 is 0 Å². The number of pyridine rings is 1. The molecule has 2 aromatic rings. The number of aliphatic hydroxyl groups is 1. The summed E-state index contributed by atoms with van der Waals surface area (Å²) in [5, 5.41) is 19.3. The van der Waals surface area contributed by atoms with Gasteiger partial charge in [-0.25, -0.2) is 9.48 Å². The maximum atomic E-state index is 12.2. The Balaban J connectivity index is 1.62. The Morgan fingerprint density at radius 1 is 1.42 bits per heavy atom. The largest absolute Gasteiger partial charge is 0.396 e. The van der Waals surface area contributed by atoms with Crippen LogP contribution in [-0.2, 0) is 6.54 Å². The van der Waals surface area contributed by atoms with Gasteiger partial charge in [0.15, 0.2) is 0 Å². The summed E-state index contributed by atoms with van der Waals surface area (Å²) in [4.78, 5) is 16.5. The molecule has 0 fully saturated rings. The van der Waals surface area contributed by atoms with Gasteiger partial charge in [-0.3, -0.25) is 10.3 Å². The smallest absolute Gasteiger partial charge is 0.320 e. The third-order valence-electron chi connectivity index (χ3n) is 3.90. The topological polar surface area (TPSA) is 92.1 Å². The maximum Gasteiger partial charge on any atom is 0.320 e. The van der Waals surface area contributed by atoms with E-state index in [0.29, 0.717) is 12.4 Å². The molecule has 0 aliphatic heterocycles. The van der Waals surface area contributed by atoms with Crippen LogP contribution < -0.4 is 10.6 Å². The summed E-state index contributed by atoms with van der Waals surface area (Å²) in [5.41, 5.74) is 1.69. The summed E-state index contributed by atoms with van der Waals surface area (Å²) in [7, 11) is 0. The molecule has 0 aromatic carbocycles. The zero-order valence-electron chi connectivity index (χ0n) is 13.5. The molecular formula is C17H21N5O2. The molecule has 2 aromatic heterocycles. The van der Waals surface area contributed by atoms with E-state index in [1.807, 2.05) is 43.3 Å². The van der Waals surface area contributed by atoms with Crippen molar-refractivity contribution in [1.82, 2.24) is 20.1 Å². The molecule has 1 aliphatic carbocycles. The van der Waals surface area contributed by atoms with Crippen molar-refractivity contribution in [3.63, 3.8) is 0 Å². The van der Waals surface area contributed by atoms with Gasteiger partial charge in [-0.1, -0.05) is 18.2 Å². The first-order valence-electron chi connectivity index (χ1n) is 7.95. The van der Waals surface area contributed by atoms with E-state index in [-0.39, 0.29) is 24.6 Å². The van der Waals surface area contributed by atoms with Gasteiger partial charge >= 0.3 is 6.03 Å². The van der Waals surface area contributed by atoms with E-state index in [1.54, 1.807) is 10.9 Å². The van der Waals surface area contributed by atoms with Crippen LogP contribution in [0, 0.1) is 12.8 Å². The van der Waals surface area contributed by atoms with Crippen molar-refractivity contribution in [3.05, 3.63) is 54.0 Å². The number of carbonyl (C=O) groups is 1. The van der Waals surface area contributed by atoms with Crippen molar-refractivity contribution >= 4 is 11.8 Å². The van der Waals surface area contributed by atoms with E-state index >= 15 is 0 Å². The molecule has 0 spiro atoms. The van der Waals surface area contributed by atoms with E-state index in [2.05, 4.69) is 20.7 Å². The number of anilines is 1. The molecule has 3 N–H and O–H groups in total. The summed E-state index contributed by atoms with van der Waals surface area (Å²) < 4.78 is 1.72. The molecule has 0 saturated heterocycles. The lowest BCUT2D eigenvalue weighted by molar-refractivity contribution is 0.238. The van der Waals surface area contributed by atoms with Crippen LogP contribution in [-0.4, -0.2) is 38.6 Å². The molecule has 0 unspecified atom stereocenters. The first kappa shape index (κ1) is 16.2. The lowest BCUT2D eigenvalue weighted by Crippen LogP contribution is -2.36. The Morgan fingerprint density at radius 2 is 2.29 bits per heavy atom. The Morgan fingerprint density at radius 3 is 3.00 bits per heavy atom. The standard InChI is InChI=1S/C17H21N5O2/c1-12-8-16(22(21-12)10-15-4-2-3-7-18-15)20-17(24)19-14-6-5-13(9-14)11-23/h2-8,13-14,23H,9-11H2,1H3,(H2,19,20,24)/t13-,14+/m0/s1. The van der Waals surface area contributed by atoms with Crippen LogP contribution in [0.25, 0.3) is 0 Å². The molecule has 0 bridgehead atoms. The van der Waals surface area contributed by atoms with E-state index < -0.39 is 0 Å². The fourth-order valence-corrected chi connectivity index (χ4v) is 2.75. The first-order valence-corrected chi connectivity index (χ1v) is 7.95. The van der Waals surface area contributed by atoms with Gasteiger partial charge in [-0.2, -0.15) is 5.10 Å². The Bertz CT molecular complexity index is 726. The van der Waals surface area contributed by atoms with Crippen LogP contribution in [0.1, 0.15) is 17.8 Å². The minimum atomic E-state index is -0.287. The second-order valence-electron chi connectivity index (χ2n) is 5.92. The molecule has 24 heavy (non-hydrogen) atoms. The highest BCUT2D eigenvalue weighted by Gasteiger charge is 2.20. The van der Waals surface area contributed by atoms with Gasteiger partial charge in [-0.15, -0.1) is 0 Å². The van der Waals surface area contributed by atoms with E-state index in [4.69, 9.17) is 5.11 Å². The average molecular weight is 327 g/mol. The van der Waals surface area contributed by atoms with E-state index in [0.717, 1.165) is 17.8 Å². The molecule has 0 saturated carbocycles. The van der Waals surface area contributed by atoms with Crippen LogP contribution in [0.5, 0.6) is 0 Å². The number of urea groups is 1. The van der Waals surface area contributed by atoms with Crippen molar-refractivity contribution in [2.45, 2.75) is 25.9 Å². The van der Waals surface area contributed by atoms with Crippen LogP contribution in [0.4, 0.5) is 10.6 Å². The van der Waals surface area contributed by atoms with E-state index in [9.17, 15) is 4.79 Å². The molecular weight excluding hydrogens is 306 g/mol. The van der Waals surface area contributed by atoms with Gasteiger partial charge in [0.25, 0.3) is 0 Å². The number of nitrogens with zero attached hydrogens (tertiary/aromatic N) is 3. The highest BCUT2D eigenvalue weighted by atomic mass is 16.3. The highest BCUT2D eigenvalue weighted by Crippen LogP contribution is 2.17. The minimum Gasteiger partial charge on any atom is -0.396 e. The maximum absolute atomic E-state index is 12.2. The number of aromatic nitrogens is 3. The van der Waals surface area contributed by atoms with Gasteiger partial charge in [0.05, 0.1) is 17.9 Å². The third kappa shape index (κ3) is 3.99. The summed E-state index contributed by atoms with van der Waals surface area (Å²) in [6, 6.07) is 7.17. The number of hydrogen-bond acceptors (Lipinski definition) is 4. The lowest BCUT2D eigenvalue weighted by Gasteiger charge is -2.14. The minimum absolute atomic E-state index is 0.0598. The quantitative estimate of drug-likeness (QED) is 0.729. The van der Waals surface area contributed by atoms with Crippen molar-refractivity contribution in [1.29, 1.82) is 0 Å². The normalized spacial score (nSPS) is 19.4. The molecule has 7 nitrogen and oxygen atoms in total. The number of amides is 2. The SMILES string of the molecule is Cc1cc(NC(=O)N[C@@H]2C=C[C@H](CO)C2)n(Cc2ccccn2)n1.